The molecule has 1 heterocycles. The Balaban J connectivity index is 1.72. The first kappa shape index (κ1) is 16.1. The lowest BCUT2D eigenvalue weighted by Gasteiger charge is -2.29. The van der Waals surface area contributed by atoms with E-state index in [1.165, 1.54) is 5.69 Å². The number of nitrogens with one attached hydrogen (secondary N) is 1. The van der Waals surface area contributed by atoms with E-state index in [9.17, 15) is 0 Å². The van der Waals surface area contributed by atoms with Crippen molar-refractivity contribution in [2.75, 3.05) is 4.90 Å². The fourth-order valence-electron chi connectivity index (χ4n) is 2.63. The van der Waals surface area contributed by atoms with E-state index in [1.807, 2.05) is 36.5 Å². The highest BCUT2D eigenvalue weighted by atomic mass is 16.5. The Labute approximate surface area is 143 Å². The highest BCUT2D eigenvalue weighted by Crippen LogP contribution is 2.22. The van der Waals surface area contributed by atoms with E-state index in [1.54, 1.807) is 6.33 Å². The lowest BCUT2D eigenvalue weighted by Crippen LogP contribution is -2.30. The van der Waals surface area contributed by atoms with Gasteiger partial charge in [0.15, 0.2) is 0 Å². The number of imidazole rings is 1. The molecule has 0 saturated heterocycles. The molecule has 0 aliphatic carbocycles. The minimum atomic E-state index is 0.388. The first-order chi connectivity index (χ1) is 11.7. The summed E-state index contributed by atoms with van der Waals surface area (Å²) in [5, 5.41) is 0. The van der Waals surface area contributed by atoms with Crippen LogP contribution in [-0.4, -0.2) is 16.0 Å². The van der Waals surface area contributed by atoms with Crippen molar-refractivity contribution in [2.24, 2.45) is 0 Å². The van der Waals surface area contributed by atoms with Crippen molar-refractivity contribution < 1.29 is 4.74 Å². The Bertz CT molecular complexity index is 739. The Kier molecular flexibility index (Phi) is 5.16. The molecule has 124 valence electrons. The summed E-state index contributed by atoms with van der Waals surface area (Å²) in [5.41, 5.74) is 3.45. The van der Waals surface area contributed by atoms with Crippen LogP contribution in [0.5, 0.6) is 5.75 Å². The minimum Gasteiger partial charge on any atom is -0.489 e. The molecule has 0 aliphatic rings. The van der Waals surface area contributed by atoms with Crippen LogP contribution in [-0.2, 0) is 13.2 Å². The van der Waals surface area contributed by atoms with Crippen LogP contribution in [0.2, 0.25) is 0 Å². The number of benzene rings is 2. The maximum Gasteiger partial charge on any atom is 0.119 e. The van der Waals surface area contributed by atoms with E-state index in [0.29, 0.717) is 12.6 Å². The summed E-state index contributed by atoms with van der Waals surface area (Å²) in [5.74, 6) is 0.890. The Morgan fingerprint density at radius 3 is 2.62 bits per heavy atom. The molecular weight excluding hydrogens is 298 g/mol. The van der Waals surface area contributed by atoms with Gasteiger partial charge >= 0.3 is 0 Å². The summed E-state index contributed by atoms with van der Waals surface area (Å²) in [6, 6.07) is 18.8. The molecule has 0 spiro atoms. The molecule has 3 rings (SSSR count). The van der Waals surface area contributed by atoms with Crippen LogP contribution in [0.1, 0.15) is 25.1 Å². The molecule has 0 unspecified atom stereocenters. The SMILES string of the molecule is CC(C)N(Cc1cnc[nH]1)c1cccc(COc2ccccc2)c1. The molecule has 0 fully saturated rings. The number of rotatable bonds is 7. The number of hydrogen-bond acceptors (Lipinski definition) is 3. The number of aromatic nitrogens is 2. The van der Waals surface area contributed by atoms with Crippen LogP contribution in [0, 0.1) is 0 Å². The largest absolute Gasteiger partial charge is 0.489 e. The summed E-state index contributed by atoms with van der Waals surface area (Å²) in [6.07, 6.45) is 3.59. The first-order valence-electron chi connectivity index (χ1n) is 8.23. The van der Waals surface area contributed by atoms with E-state index in [2.05, 4.69) is 53.0 Å². The Morgan fingerprint density at radius 2 is 1.92 bits per heavy atom. The maximum absolute atomic E-state index is 5.86. The zero-order chi connectivity index (χ0) is 16.8. The van der Waals surface area contributed by atoms with Gasteiger partial charge in [-0.1, -0.05) is 30.3 Å². The van der Waals surface area contributed by atoms with Crippen molar-refractivity contribution in [3.63, 3.8) is 0 Å². The lowest BCUT2D eigenvalue weighted by molar-refractivity contribution is 0.306. The Hall–Kier alpha value is -2.75. The van der Waals surface area contributed by atoms with Crippen molar-refractivity contribution >= 4 is 5.69 Å². The average molecular weight is 321 g/mol. The monoisotopic (exact) mass is 321 g/mol. The summed E-state index contributed by atoms with van der Waals surface area (Å²) >= 11 is 0. The third-order valence-electron chi connectivity index (χ3n) is 3.91. The van der Waals surface area contributed by atoms with E-state index < -0.39 is 0 Å². The predicted molar refractivity (Wildman–Crippen MR) is 97.1 cm³/mol. The number of nitrogens with zero attached hydrogens (tertiary/aromatic N) is 2. The molecule has 1 N–H and O–H groups in total. The smallest absolute Gasteiger partial charge is 0.119 e. The molecule has 0 amide bonds. The molecule has 0 bridgehead atoms. The molecule has 2 aromatic carbocycles. The lowest BCUT2D eigenvalue weighted by atomic mass is 10.1. The van der Waals surface area contributed by atoms with Gasteiger partial charge < -0.3 is 14.6 Å². The molecule has 0 atom stereocenters. The third kappa shape index (κ3) is 4.16. The molecular formula is C20H23N3O. The van der Waals surface area contributed by atoms with Gasteiger partial charge in [0.1, 0.15) is 12.4 Å². The second kappa shape index (κ2) is 7.68. The summed E-state index contributed by atoms with van der Waals surface area (Å²) < 4.78 is 5.86. The van der Waals surface area contributed by atoms with Crippen LogP contribution in [0.25, 0.3) is 0 Å². The third-order valence-corrected chi connectivity index (χ3v) is 3.91. The second-order valence-electron chi connectivity index (χ2n) is 6.07. The van der Waals surface area contributed by atoms with Gasteiger partial charge in [0.2, 0.25) is 0 Å². The van der Waals surface area contributed by atoms with Crippen LogP contribution in [0.3, 0.4) is 0 Å². The van der Waals surface area contributed by atoms with Gasteiger partial charge in [0.25, 0.3) is 0 Å². The molecule has 4 heteroatoms. The Morgan fingerprint density at radius 1 is 1.08 bits per heavy atom. The number of ether oxygens (including phenoxy) is 1. The summed E-state index contributed by atoms with van der Waals surface area (Å²) in [6.45, 7) is 5.77. The molecule has 24 heavy (non-hydrogen) atoms. The summed E-state index contributed by atoms with van der Waals surface area (Å²) in [4.78, 5) is 9.63. The van der Waals surface area contributed by atoms with Crippen molar-refractivity contribution in [3.05, 3.63) is 78.4 Å². The van der Waals surface area contributed by atoms with Crippen LogP contribution < -0.4 is 9.64 Å². The van der Waals surface area contributed by atoms with Gasteiger partial charge in [-0.2, -0.15) is 0 Å². The quantitative estimate of drug-likeness (QED) is 0.701. The predicted octanol–water partition coefficient (Wildman–Crippen LogP) is 4.40. The van der Waals surface area contributed by atoms with Crippen molar-refractivity contribution in [3.8, 4) is 5.75 Å². The van der Waals surface area contributed by atoms with Gasteiger partial charge in [-0.15, -0.1) is 0 Å². The molecule has 1 aromatic heterocycles. The average Bonchev–Trinajstić information content (AvgIpc) is 3.12. The first-order valence-corrected chi connectivity index (χ1v) is 8.23. The van der Waals surface area contributed by atoms with Crippen LogP contribution in [0.15, 0.2) is 67.1 Å². The molecule has 3 aromatic rings. The number of aromatic amines is 1. The van der Waals surface area contributed by atoms with Crippen LogP contribution in [0.4, 0.5) is 5.69 Å². The summed E-state index contributed by atoms with van der Waals surface area (Å²) in [7, 11) is 0. The second-order valence-corrected chi connectivity index (χ2v) is 6.07. The van der Waals surface area contributed by atoms with E-state index in [4.69, 9.17) is 4.74 Å². The van der Waals surface area contributed by atoms with Gasteiger partial charge in [-0.05, 0) is 43.7 Å². The van der Waals surface area contributed by atoms with Gasteiger partial charge in [-0.3, -0.25) is 0 Å². The van der Waals surface area contributed by atoms with E-state index >= 15 is 0 Å². The van der Waals surface area contributed by atoms with E-state index in [-0.39, 0.29) is 0 Å². The fraction of sp³-hybridized carbons (Fsp3) is 0.250. The van der Waals surface area contributed by atoms with Crippen LogP contribution >= 0.6 is 0 Å². The maximum atomic E-state index is 5.86. The molecule has 0 radical (unpaired) electrons. The number of hydrogen-bond donors (Lipinski definition) is 1. The fourth-order valence-corrected chi connectivity index (χ4v) is 2.63. The van der Waals surface area contributed by atoms with Crippen molar-refractivity contribution in [1.82, 2.24) is 9.97 Å². The highest BCUT2D eigenvalue weighted by molar-refractivity contribution is 5.49. The standard InChI is InChI=1S/C20H23N3O/c1-16(2)23(13-18-12-21-15-22-18)19-8-6-7-17(11-19)14-24-20-9-4-3-5-10-20/h3-12,15-16H,13-14H2,1-2H3,(H,21,22). The molecule has 0 saturated carbocycles. The van der Waals surface area contributed by atoms with Gasteiger partial charge in [-0.25, -0.2) is 4.98 Å². The van der Waals surface area contributed by atoms with Crippen molar-refractivity contribution in [2.45, 2.75) is 33.0 Å². The highest BCUT2D eigenvalue weighted by Gasteiger charge is 2.12. The molecule has 4 nitrogen and oxygen atoms in total. The number of para-hydroxylation sites is 1. The zero-order valence-electron chi connectivity index (χ0n) is 14.1. The van der Waals surface area contributed by atoms with Gasteiger partial charge in [0.05, 0.1) is 18.6 Å². The minimum absolute atomic E-state index is 0.388. The topological polar surface area (TPSA) is 41.2 Å². The van der Waals surface area contributed by atoms with Crippen molar-refractivity contribution in [1.29, 1.82) is 0 Å². The molecule has 0 aliphatic heterocycles. The normalized spacial score (nSPS) is 10.8. The number of anilines is 1. The zero-order valence-corrected chi connectivity index (χ0v) is 14.1. The number of H-pyrrole nitrogens is 1. The van der Waals surface area contributed by atoms with E-state index in [0.717, 1.165) is 23.6 Å². The van der Waals surface area contributed by atoms with Gasteiger partial charge in [0, 0.05) is 17.9 Å².